The van der Waals surface area contributed by atoms with Crippen molar-refractivity contribution in [3.05, 3.63) is 39.9 Å². The molecule has 0 spiro atoms. The van der Waals surface area contributed by atoms with E-state index in [2.05, 4.69) is 0 Å². The zero-order chi connectivity index (χ0) is 15.6. The zero-order valence-electron chi connectivity index (χ0n) is 11.6. The van der Waals surface area contributed by atoms with Gasteiger partial charge in [-0.25, -0.2) is 9.36 Å². The molecule has 1 heterocycles. The van der Waals surface area contributed by atoms with Gasteiger partial charge >= 0.3 is 5.97 Å². The Kier molecular flexibility index (Phi) is 2.72. The molecule has 0 aliphatic heterocycles. The van der Waals surface area contributed by atoms with Crippen LogP contribution in [0.4, 0.5) is 0 Å². The number of fused-ring (bicyclic) bond motifs is 5. The Morgan fingerprint density at radius 3 is 2.27 bits per heavy atom. The number of hydrogen-bond acceptors (Lipinski definition) is 3. The molecule has 2 atom stereocenters. The summed E-state index contributed by atoms with van der Waals surface area (Å²) in [6, 6.07) is 4.21. The molecule has 2 unspecified atom stereocenters. The molecule has 0 amide bonds. The number of hydrogen-bond donors (Lipinski definition) is 3. The van der Waals surface area contributed by atoms with Gasteiger partial charge in [-0.3, -0.25) is 0 Å². The zero-order valence-corrected chi connectivity index (χ0v) is 12.3. The van der Waals surface area contributed by atoms with Crippen molar-refractivity contribution in [1.82, 2.24) is 4.57 Å². The van der Waals surface area contributed by atoms with Crippen LogP contribution in [0, 0.1) is 0 Å². The van der Waals surface area contributed by atoms with Gasteiger partial charge < -0.3 is 15.3 Å². The van der Waals surface area contributed by atoms with E-state index in [0.717, 1.165) is 30.4 Å². The topological polar surface area (TPSA) is 82.7 Å². The molecule has 114 valence electrons. The number of aromatic carboxylic acids is 1. The van der Waals surface area contributed by atoms with Crippen molar-refractivity contribution >= 4 is 17.6 Å². The fourth-order valence-corrected chi connectivity index (χ4v) is 4.14. The minimum absolute atomic E-state index is 0.0239. The quantitative estimate of drug-likeness (QED) is 0.789. The van der Waals surface area contributed by atoms with Crippen LogP contribution < -0.4 is 0 Å². The first-order chi connectivity index (χ1) is 10.5. The lowest BCUT2D eigenvalue weighted by Gasteiger charge is -2.12. The summed E-state index contributed by atoms with van der Waals surface area (Å²) < 4.78 is 1.27. The summed E-state index contributed by atoms with van der Waals surface area (Å²) in [6.07, 6.45) is 2.99. The lowest BCUT2D eigenvalue weighted by molar-refractivity contribution is 0.0697. The highest BCUT2D eigenvalue weighted by molar-refractivity contribution is 6.32. The summed E-state index contributed by atoms with van der Waals surface area (Å²) in [5.41, 5.74) is 1.93. The standard InChI is InChI=1S/C16H14ClNO4/c17-10-4-3-9(16(21)22)6-11(10)18-14(19)12-7-1-2-8(5-7)13(12)15(18)20/h3-4,6-8,19-20H,1-2,5H2,(H,21,22). The summed E-state index contributed by atoms with van der Waals surface area (Å²) in [5, 5.41) is 30.5. The molecule has 1 saturated carbocycles. The minimum Gasteiger partial charge on any atom is -0.494 e. The summed E-state index contributed by atoms with van der Waals surface area (Å²) in [5.74, 6) is -0.591. The second-order valence-corrected chi connectivity index (χ2v) is 6.40. The van der Waals surface area contributed by atoms with E-state index >= 15 is 0 Å². The van der Waals surface area contributed by atoms with Crippen molar-refractivity contribution in [2.45, 2.75) is 31.1 Å². The molecule has 2 aromatic rings. The van der Waals surface area contributed by atoms with Gasteiger partial charge in [0.2, 0.25) is 11.8 Å². The monoisotopic (exact) mass is 319 g/mol. The predicted molar refractivity (Wildman–Crippen MR) is 80.4 cm³/mol. The minimum atomic E-state index is -1.09. The van der Waals surface area contributed by atoms with Crippen molar-refractivity contribution in [3.63, 3.8) is 0 Å². The van der Waals surface area contributed by atoms with Gasteiger partial charge in [0.25, 0.3) is 0 Å². The average molecular weight is 320 g/mol. The van der Waals surface area contributed by atoms with E-state index in [9.17, 15) is 15.0 Å². The second kappa shape index (κ2) is 4.43. The summed E-state index contributed by atoms with van der Waals surface area (Å²) in [4.78, 5) is 11.1. The summed E-state index contributed by atoms with van der Waals surface area (Å²) in [6.45, 7) is 0. The van der Waals surface area contributed by atoms with Gasteiger partial charge in [0.15, 0.2) is 0 Å². The first kappa shape index (κ1) is 13.5. The third-order valence-corrected chi connectivity index (χ3v) is 5.20. The van der Waals surface area contributed by atoms with Crippen molar-refractivity contribution < 1.29 is 20.1 Å². The lowest BCUT2D eigenvalue weighted by Crippen LogP contribution is -2.01. The number of aromatic nitrogens is 1. The SMILES string of the molecule is O=C(O)c1ccc(Cl)c(-n2c(O)c3c(c2O)C2CCC3C2)c1. The molecule has 6 heteroatoms. The number of halogens is 1. The van der Waals surface area contributed by atoms with Crippen LogP contribution in [0.25, 0.3) is 5.69 Å². The number of carbonyl (C=O) groups is 1. The van der Waals surface area contributed by atoms with Crippen LogP contribution in [-0.4, -0.2) is 25.9 Å². The Labute approximate surface area is 131 Å². The van der Waals surface area contributed by atoms with Gasteiger partial charge in [-0.2, -0.15) is 0 Å². The van der Waals surface area contributed by atoms with E-state index in [1.54, 1.807) is 0 Å². The van der Waals surface area contributed by atoms with Gasteiger partial charge in [0.05, 0.1) is 16.3 Å². The molecule has 1 fully saturated rings. The molecule has 0 saturated heterocycles. The van der Waals surface area contributed by atoms with E-state index in [1.807, 2.05) is 0 Å². The summed E-state index contributed by atoms with van der Waals surface area (Å²) >= 11 is 6.15. The van der Waals surface area contributed by atoms with E-state index in [4.69, 9.17) is 16.7 Å². The van der Waals surface area contributed by atoms with Crippen molar-refractivity contribution in [2.75, 3.05) is 0 Å². The van der Waals surface area contributed by atoms with E-state index in [1.165, 1.54) is 22.8 Å². The van der Waals surface area contributed by atoms with Gasteiger partial charge in [0, 0.05) is 11.1 Å². The molecule has 1 aromatic heterocycles. The first-order valence-corrected chi connectivity index (χ1v) is 7.56. The van der Waals surface area contributed by atoms with Gasteiger partial charge in [-0.05, 0) is 49.3 Å². The fourth-order valence-electron chi connectivity index (χ4n) is 3.94. The molecule has 1 aromatic carbocycles. The van der Waals surface area contributed by atoms with Crippen molar-refractivity contribution in [3.8, 4) is 17.4 Å². The third-order valence-electron chi connectivity index (χ3n) is 4.88. The Bertz CT molecular complexity index is 777. The maximum Gasteiger partial charge on any atom is 0.335 e. The van der Waals surface area contributed by atoms with Crippen LogP contribution in [0.1, 0.15) is 52.6 Å². The molecule has 2 aliphatic carbocycles. The highest BCUT2D eigenvalue weighted by Gasteiger charge is 2.44. The van der Waals surface area contributed by atoms with E-state index < -0.39 is 5.97 Å². The molecule has 3 N–H and O–H groups in total. The van der Waals surface area contributed by atoms with Crippen molar-refractivity contribution in [2.24, 2.45) is 0 Å². The van der Waals surface area contributed by atoms with Crippen LogP contribution in [0.3, 0.4) is 0 Å². The second-order valence-electron chi connectivity index (χ2n) is 5.99. The van der Waals surface area contributed by atoms with Crippen LogP contribution in [0.2, 0.25) is 5.02 Å². The highest BCUT2D eigenvalue weighted by Crippen LogP contribution is 2.60. The van der Waals surface area contributed by atoms with Crippen LogP contribution in [0.5, 0.6) is 11.8 Å². The largest absolute Gasteiger partial charge is 0.494 e. The Morgan fingerprint density at radius 2 is 1.73 bits per heavy atom. The number of carboxylic acid groups (broad SMARTS) is 1. The molecular formula is C16H14ClNO4. The number of nitrogens with zero attached hydrogens (tertiary/aromatic N) is 1. The molecular weight excluding hydrogens is 306 g/mol. The van der Waals surface area contributed by atoms with Gasteiger partial charge in [-0.1, -0.05) is 11.6 Å². The lowest BCUT2D eigenvalue weighted by atomic mass is 9.95. The number of rotatable bonds is 2. The van der Waals surface area contributed by atoms with Crippen LogP contribution in [0.15, 0.2) is 18.2 Å². The van der Waals surface area contributed by atoms with Gasteiger partial charge in [-0.15, -0.1) is 0 Å². The number of benzene rings is 1. The Hall–Kier alpha value is -2.14. The first-order valence-electron chi connectivity index (χ1n) is 7.18. The maximum atomic E-state index is 11.1. The third kappa shape index (κ3) is 1.63. The fraction of sp³-hybridized carbons (Fsp3) is 0.312. The molecule has 2 bridgehead atoms. The molecule has 0 radical (unpaired) electrons. The number of carboxylic acids is 1. The van der Waals surface area contributed by atoms with Gasteiger partial charge in [0.1, 0.15) is 0 Å². The smallest absolute Gasteiger partial charge is 0.335 e. The predicted octanol–water partition coefficient (Wildman–Crippen LogP) is 3.60. The average Bonchev–Trinajstić information content (AvgIpc) is 3.14. The Balaban J connectivity index is 1.96. The highest BCUT2D eigenvalue weighted by atomic mass is 35.5. The molecule has 5 nitrogen and oxygen atoms in total. The molecule has 2 aliphatic rings. The van der Waals surface area contributed by atoms with Crippen LogP contribution >= 0.6 is 11.6 Å². The molecule has 22 heavy (non-hydrogen) atoms. The molecule has 4 rings (SSSR count). The van der Waals surface area contributed by atoms with E-state index in [0.29, 0.717) is 0 Å². The summed E-state index contributed by atoms with van der Waals surface area (Å²) in [7, 11) is 0. The van der Waals surface area contributed by atoms with Crippen molar-refractivity contribution in [1.29, 1.82) is 0 Å². The maximum absolute atomic E-state index is 11.1. The van der Waals surface area contributed by atoms with Crippen LogP contribution in [-0.2, 0) is 0 Å². The Morgan fingerprint density at radius 1 is 1.14 bits per heavy atom. The van der Waals surface area contributed by atoms with E-state index in [-0.39, 0.29) is 39.9 Å². The number of aromatic hydroxyl groups is 2. The normalized spacial score (nSPS) is 22.0.